The van der Waals surface area contributed by atoms with E-state index in [1.165, 1.54) is 18.4 Å². The van der Waals surface area contributed by atoms with Crippen LogP contribution in [-0.4, -0.2) is 29.7 Å². The summed E-state index contributed by atoms with van der Waals surface area (Å²) in [6.07, 6.45) is 2.58. The van der Waals surface area contributed by atoms with Gasteiger partial charge in [-0.05, 0) is 23.8 Å². The molecule has 0 aliphatic carbocycles. The molecule has 2 rings (SSSR count). The number of aliphatic hydroxyl groups is 1. The molecule has 1 aromatic rings. The molecule has 0 saturated carbocycles. The van der Waals surface area contributed by atoms with Gasteiger partial charge in [0.2, 0.25) is 0 Å². The summed E-state index contributed by atoms with van der Waals surface area (Å²) in [4.78, 5) is 2.47. The summed E-state index contributed by atoms with van der Waals surface area (Å²) in [6, 6.07) is 10.6. The van der Waals surface area contributed by atoms with E-state index in [0.717, 1.165) is 24.9 Å². The Labute approximate surface area is 111 Å². The third-order valence-electron chi connectivity index (χ3n) is 4.15. The van der Waals surface area contributed by atoms with Crippen LogP contribution in [0.25, 0.3) is 0 Å². The first-order valence-corrected chi connectivity index (χ1v) is 7.14. The standard InChI is InChI=1S/C16H25NO/c1-3-14-9-13(2)10-17(11-14)16(12-18)15-7-5-4-6-8-15/h4-8,13-14,16,18H,3,9-12H2,1-2H3/t13-,14-,16-/m0/s1. The van der Waals surface area contributed by atoms with E-state index in [4.69, 9.17) is 0 Å². The second kappa shape index (κ2) is 6.35. The monoisotopic (exact) mass is 247 g/mol. The van der Waals surface area contributed by atoms with E-state index in [1.54, 1.807) is 0 Å². The zero-order valence-electron chi connectivity index (χ0n) is 11.5. The highest BCUT2D eigenvalue weighted by Crippen LogP contribution is 2.30. The predicted octanol–water partition coefficient (Wildman–Crippen LogP) is 3.09. The highest BCUT2D eigenvalue weighted by molar-refractivity contribution is 5.19. The molecule has 3 atom stereocenters. The van der Waals surface area contributed by atoms with Gasteiger partial charge in [-0.15, -0.1) is 0 Å². The van der Waals surface area contributed by atoms with Crippen molar-refractivity contribution in [2.24, 2.45) is 11.8 Å². The van der Waals surface area contributed by atoms with Crippen LogP contribution in [-0.2, 0) is 0 Å². The Morgan fingerprint density at radius 2 is 2.00 bits per heavy atom. The predicted molar refractivity (Wildman–Crippen MR) is 75.4 cm³/mol. The fourth-order valence-electron chi connectivity index (χ4n) is 3.18. The minimum atomic E-state index is 0.169. The van der Waals surface area contributed by atoms with E-state index in [0.29, 0.717) is 0 Å². The van der Waals surface area contributed by atoms with Crippen LogP contribution >= 0.6 is 0 Å². The molecule has 0 unspecified atom stereocenters. The normalized spacial score (nSPS) is 27.1. The minimum Gasteiger partial charge on any atom is -0.394 e. The summed E-state index contributed by atoms with van der Waals surface area (Å²) >= 11 is 0. The van der Waals surface area contributed by atoms with Crippen molar-refractivity contribution < 1.29 is 5.11 Å². The summed E-state index contributed by atoms with van der Waals surface area (Å²) in [6.45, 7) is 7.05. The van der Waals surface area contributed by atoms with E-state index in [1.807, 2.05) is 6.07 Å². The highest BCUT2D eigenvalue weighted by atomic mass is 16.3. The number of nitrogens with zero attached hydrogens (tertiary/aromatic N) is 1. The van der Waals surface area contributed by atoms with Crippen molar-refractivity contribution in [2.45, 2.75) is 32.7 Å². The van der Waals surface area contributed by atoms with Gasteiger partial charge < -0.3 is 5.11 Å². The number of benzene rings is 1. The quantitative estimate of drug-likeness (QED) is 0.884. The van der Waals surface area contributed by atoms with Crippen molar-refractivity contribution >= 4 is 0 Å². The van der Waals surface area contributed by atoms with Gasteiger partial charge in [0.1, 0.15) is 0 Å². The Bertz CT molecular complexity index is 351. The van der Waals surface area contributed by atoms with Crippen LogP contribution in [0, 0.1) is 11.8 Å². The Hall–Kier alpha value is -0.860. The number of likely N-dealkylation sites (tertiary alicyclic amines) is 1. The van der Waals surface area contributed by atoms with Crippen LogP contribution in [0.15, 0.2) is 30.3 Å². The fourth-order valence-corrected chi connectivity index (χ4v) is 3.18. The van der Waals surface area contributed by atoms with Crippen molar-refractivity contribution in [1.29, 1.82) is 0 Å². The lowest BCUT2D eigenvalue weighted by Crippen LogP contribution is -2.42. The molecule has 0 amide bonds. The first kappa shape index (κ1) is 13.6. The Balaban J connectivity index is 2.12. The maximum Gasteiger partial charge on any atom is 0.0628 e. The van der Waals surface area contributed by atoms with E-state index in [-0.39, 0.29) is 12.6 Å². The molecule has 0 bridgehead atoms. The van der Waals surface area contributed by atoms with Crippen LogP contribution < -0.4 is 0 Å². The van der Waals surface area contributed by atoms with Crippen molar-refractivity contribution in [3.05, 3.63) is 35.9 Å². The maximum atomic E-state index is 9.74. The summed E-state index contributed by atoms with van der Waals surface area (Å²) in [5.41, 5.74) is 1.24. The topological polar surface area (TPSA) is 23.5 Å². The molecule has 0 radical (unpaired) electrons. The molecule has 0 spiro atoms. The van der Waals surface area contributed by atoms with Crippen LogP contribution in [0.4, 0.5) is 0 Å². The van der Waals surface area contributed by atoms with Crippen molar-refractivity contribution in [3.8, 4) is 0 Å². The first-order valence-electron chi connectivity index (χ1n) is 7.14. The number of rotatable bonds is 4. The van der Waals surface area contributed by atoms with Gasteiger partial charge in [-0.3, -0.25) is 4.90 Å². The number of hydrogen-bond donors (Lipinski definition) is 1. The summed E-state index contributed by atoms with van der Waals surface area (Å²) < 4.78 is 0. The van der Waals surface area contributed by atoms with Crippen LogP contribution in [0.1, 0.15) is 38.3 Å². The van der Waals surface area contributed by atoms with Gasteiger partial charge in [-0.2, -0.15) is 0 Å². The molecule has 2 nitrogen and oxygen atoms in total. The molecule has 1 fully saturated rings. The second-order valence-electron chi connectivity index (χ2n) is 5.68. The highest BCUT2D eigenvalue weighted by Gasteiger charge is 2.28. The average Bonchev–Trinajstić information content (AvgIpc) is 2.40. The van der Waals surface area contributed by atoms with Gasteiger partial charge >= 0.3 is 0 Å². The number of aliphatic hydroxyl groups excluding tert-OH is 1. The van der Waals surface area contributed by atoms with Gasteiger partial charge in [-0.1, -0.05) is 50.6 Å². The zero-order chi connectivity index (χ0) is 13.0. The van der Waals surface area contributed by atoms with E-state index in [2.05, 4.69) is 43.0 Å². The molecular weight excluding hydrogens is 222 g/mol. The molecule has 1 aliphatic heterocycles. The molecule has 1 saturated heterocycles. The molecule has 0 aromatic heterocycles. The number of piperidine rings is 1. The van der Waals surface area contributed by atoms with Crippen LogP contribution in [0.3, 0.4) is 0 Å². The molecule has 1 heterocycles. The Morgan fingerprint density at radius 1 is 1.28 bits per heavy atom. The van der Waals surface area contributed by atoms with E-state index < -0.39 is 0 Å². The molecule has 1 aliphatic rings. The second-order valence-corrected chi connectivity index (χ2v) is 5.68. The lowest BCUT2D eigenvalue weighted by Gasteiger charge is -2.40. The molecule has 100 valence electrons. The lowest BCUT2D eigenvalue weighted by molar-refractivity contribution is 0.0550. The van der Waals surface area contributed by atoms with E-state index in [9.17, 15) is 5.11 Å². The lowest BCUT2D eigenvalue weighted by atomic mass is 9.87. The average molecular weight is 247 g/mol. The smallest absolute Gasteiger partial charge is 0.0628 e. The van der Waals surface area contributed by atoms with Crippen LogP contribution in [0.2, 0.25) is 0 Å². The molecule has 1 aromatic carbocycles. The van der Waals surface area contributed by atoms with Gasteiger partial charge in [0.15, 0.2) is 0 Å². The Morgan fingerprint density at radius 3 is 2.61 bits per heavy atom. The van der Waals surface area contributed by atoms with Crippen molar-refractivity contribution in [1.82, 2.24) is 4.90 Å². The molecule has 18 heavy (non-hydrogen) atoms. The SMILES string of the molecule is CC[C@H]1C[C@H](C)CN([C@@H](CO)c2ccccc2)C1. The molecular formula is C16H25NO. The molecule has 1 N–H and O–H groups in total. The minimum absolute atomic E-state index is 0.169. The van der Waals surface area contributed by atoms with Gasteiger partial charge in [0, 0.05) is 13.1 Å². The summed E-state index contributed by atoms with van der Waals surface area (Å²) in [5, 5.41) is 9.74. The zero-order valence-corrected chi connectivity index (χ0v) is 11.5. The maximum absolute atomic E-state index is 9.74. The molecule has 2 heteroatoms. The Kier molecular flexibility index (Phi) is 4.79. The van der Waals surface area contributed by atoms with E-state index >= 15 is 0 Å². The van der Waals surface area contributed by atoms with Gasteiger partial charge in [-0.25, -0.2) is 0 Å². The van der Waals surface area contributed by atoms with Crippen molar-refractivity contribution in [2.75, 3.05) is 19.7 Å². The largest absolute Gasteiger partial charge is 0.394 e. The van der Waals surface area contributed by atoms with Crippen molar-refractivity contribution in [3.63, 3.8) is 0 Å². The summed E-state index contributed by atoms with van der Waals surface area (Å²) in [7, 11) is 0. The van der Waals surface area contributed by atoms with Crippen LogP contribution in [0.5, 0.6) is 0 Å². The summed E-state index contributed by atoms with van der Waals surface area (Å²) in [5.74, 6) is 1.52. The van der Waals surface area contributed by atoms with Gasteiger partial charge in [0.05, 0.1) is 12.6 Å². The fraction of sp³-hybridized carbons (Fsp3) is 0.625. The van der Waals surface area contributed by atoms with Gasteiger partial charge in [0.25, 0.3) is 0 Å². The third-order valence-corrected chi connectivity index (χ3v) is 4.15. The number of hydrogen-bond acceptors (Lipinski definition) is 2. The first-order chi connectivity index (χ1) is 8.74. The third kappa shape index (κ3) is 3.12.